The van der Waals surface area contributed by atoms with Gasteiger partial charge < -0.3 is 0 Å². The number of pyridine rings is 1. The lowest BCUT2D eigenvalue weighted by Crippen LogP contribution is -2.28. The van der Waals surface area contributed by atoms with Crippen LogP contribution < -0.4 is 11.3 Å². The highest BCUT2D eigenvalue weighted by Crippen LogP contribution is 2.20. The second kappa shape index (κ2) is 5.95. The monoisotopic (exact) mass is 259 g/mol. The van der Waals surface area contributed by atoms with E-state index in [0.717, 1.165) is 24.1 Å². The molecule has 2 rings (SSSR count). The van der Waals surface area contributed by atoms with Crippen molar-refractivity contribution >= 4 is 0 Å². The van der Waals surface area contributed by atoms with Gasteiger partial charge in [0.2, 0.25) is 0 Å². The molecule has 19 heavy (non-hydrogen) atoms. The number of aryl methyl sites for hydroxylation is 2. The van der Waals surface area contributed by atoms with E-state index in [4.69, 9.17) is 5.84 Å². The third-order valence-electron chi connectivity index (χ3n) is 3.63. The normalized spacial score (nSPS) is 12.6. The fraction of sp³-hybridized carbons (Fsp3) is 0.429. The number of rotatable bonds is 5. The predicted molar refractivity (Wildman–Crippen MR) is 75.3 cm³/mol. The molecule has 2 aromatic heterocycles. The quantitative estimate of drug-likeness (QED) is 0.631. The van der Waals surface area contributed by atoms with Crippen LogP contribution in [0.5, 0.6) is 0 Å². The minimum atomic E-state index is 0.118. The molecule has 0 aliphatic heterocycles. The standard InChI is InChI=1S/C14H21N5/c1-10-13(11(2)19(3)18-10)6-7-14(17-15)12-5-4-8-16-9-12/h4-5,8-9,14,17H,6-7,15H2,1-3H3. The summed E-state index contributed by atoms with van der Waals surface area (Å²) in [5, 5.41) is 4.44. The fourth-order valence-electron chi connectivity index (χ4n) is 2.40. The molecular formula is C14H21N5. The fourth-order valence-corrected chi connectivity index (χ4v) is 2.40. The van der Waals surface area contributed by atoms with Crippen LogP contribution in [-0.2, 0) is 13.5 Å². The average molecular weight is 259 g/mol. The summed E-state index contributed by atoms with van der Waals surface area (Å²) in [6.45, 7) is 4.15. The van der Waals surface area contributed by atoms with Gasteiger partial charge in [-0.1, -0.05) is 6.07 Å². The molecule has 0 bridgehead atoms. The Morgan fingerprint density at radius 2 is 2.21 bits per heavy atom. The van der Waals surface area contributed by atoms with Gasteiger partial charge in [0.15, 0.2) is 0 Å². The third-order valence-corrected chi connectivity index (χ3v) is 3.63. The molecule has 0 aromatic carbocycles. The molecule has 0 saturated carbocycles. The van der Waals surface area contributed by atoms with Gasteiger partial charge in [-0.25, -0.2) is 0 Å². The molecular weight excluding hydrogens is 238 g/mol. The first-order chi connectivity index (χ1) is 9.13. The molecule has 3 N–H and O–H groups in total. The summed E-state index contributed by atoms with van der Waals surface area (Å²) in [5.41, 5.74) is 7.61. The zero-order chi connectivity index (χ0) is 13.8. The lowest BCUT2D eigenvalue weighted by molar-refractivity contribution is 0.514. The molecule has 0 amide bonds. The molecule has 1 atom stereocenters. The highest BCUT2D eigenvalue weighted by Gasteiger charge is 2.14. The Labute approximate surface area is 113 Å². The van der Waals surface area contributed by atoms with Crippen LogP contribution in [-0.4, -0.2) is 14.8 Å². The number of aromatic nitrogens is 3. The number of hydrogen-bond acceptors (Lipinski definition) is 4. The van der Waals surface area contributed by atoms with Gasteiger partial charge in [-0.2, -0.15) is 5.10 Å². The second-order valence-corrected chi connectivity index (χ2v) is 4.82. The molecule has 0 spiro atoms. The van der Waals surface area contributed by atoms with Crippen LogP contribution in [0, 0.1) is 13.8 Å². The lowest BCUT2D eigenvalue weighted by atomic mass is 10.00. The first-order valence-electron chi connectivity index (χ1n) is 6.48. The maximum absolute atomic E-state index is 5.65. The molecule has 5 heteroatoms. The van der Waals surface area contributed by atoms with Crippen LogP contribution >= 0.6 is 0 Å². The zero-order valence-corrected chi connectivity index (χ0v) is 11.7. The van der Waals surface area contributed by atoms with E-state index < -0.39 is 0 Å². The average Bonchev–Trinajstić information content (AvgIpc) is 2.66. The van der Waals surface area contributed by atoms with Gasteiger partial charge in [-0.15, -0.1) is 0 Å². The van der Waals surface area contributed by atoms with Gasteiger partial charge in [0, 0.05) is 31.2 Å². The number of nitrogens with one attached hydrogen (secondary N) is 1. The van der Waals surface area contributed by atoms with E-state index in [2.05, 4.69) is 29.4 Å². The van der Waals surface area contributed by atoms with E-state index in [1.54, 1.807) is 6.20 Å². The van der Waals surface area contributed by atoms with Crippen molar-refractivity contribution in [2.75, 3.05) is 0 Å². The minimum Gasteiger partial charge on any atom is -0.272 e. The van der Waals surface area contributed by atoms with Crippen LogP contribution in [0.1, 0.15) is 35.0 Å². The highest BCUT2D eigenvalue weighted by atomic mass is 15.3. The maximum atomic E-state index is 5.65. The summed E-state index contributed by atoms with van der Waals surface area (Å²) in [6, 6.07) is 4.09. The van der Waals surface area contributed by atoms with Gasteiger partial charge in [0.05, 0.1) is 5.69 Å². The van der Waals surface area contributed by atoms with E-state index in [0.29, 0.717) is 0 Å². The van der Waals surface area contributed by atoms with Crippen molar-refractivity contribution in [1.29, 1.82) is 0 Å². The molecule has 0 fully saturated rings. The van der Waals surface area contributed by atoms with Crippen LogP contribution in [0.15, 0.2) is 24.5 Å². The Balaban J connectivity index is 2.08. The largest absolute Gasteiger partial charge is 0.272 e. The van der Waals surface area contributed by atoms with E-state index in [-0.39, 0.29) is 6.04 Å². The van der Waals surface area contributed by atoms with Gasteiger partial charge in [0.1, 0.15) is 0 Å². The Morgan fingerprint density at radius 1 is 1.42 bits per heavy atom. The summed E-state index contributed by atoms with van der Waals surface area (Å²) < 4.78 is 1.93. The first-order valence-corrected chi connectivity index (χ1v) is 6.48. The van der Waals surface area contributed by atoms with Crippen molar-refractivity contribution in [2.45, 2.75) is 32.7 Å². The predicted octanol–water partition coefficient (Wildman–Crippen LogP) is 1.57. The van der Waals surface area contributed by atoms with Crippen LogP contribution in [0.4, 0.5) is 0 Å². The summed E-state index contributed by atoms with van der Waals surface area (Å²) >= 11 is 0. The zero-order valence-electron chi connectivity index (χ0n) is 11.7. The molecule has 0 radical (unpaired) electrons. The van der Waals surface area contributed by atoms with Crippen LogP contribution in [0.3, 0.4) is 0 Å². The maximum Gasteiger partial charge on any atom is 0.0628 e. The minimum absolute atomic E-state index is 0.118. The Kier molecular flexibility index (Phi) is 4.29. The summed E-state index contributed by atoms with van der Waals surface area (Å²) in [5.74, 6) is 5.65. The molecule has 102 valence electrons. The molecule has 5 nitrogen and oxygen atoms in total. The highest BCUT2D eigenvalue weighted by molar-refractivity contribution is 5.25. The van der Waals surface area contributed by atoms with Crippen molar-refractivity contribution in [2.24, 2.45) is 12.9 Å². The molecule has 2 aromatic rings. The molecule has 0 aliphatic carbocycles. The van der Waals surface area contributed by atoms with Crippen LogP contribution in [0.2, 0.25) is 0 Å². The molecule has 1 unspecified atom stereocenters. The third kappa shape index (κ3) is 3.00. The van der Waals surface area contributed by atoms with E-state index in [1.165, 1.54) is 11.3 Å². The number of hydrazine groups is 1. The lowest BCUT2D eigenvalue weighted by Gasteiger charge is -2.15. The molecule has 0 aliphatic rings. The number of nitrogens with two attached hydrogens (primary N) is 1. The van der Waals surface area contributed by atoms with Gasteiger partial charge >= 0.3 is 0 Å². The topological polar surface area (TPSA) is 68.8 Å². The summed E-state index contributed by atoms with van der Waals surface area (Å²) in [6.07, 6.45) is 5.50. The van der Waals surface area contributed by atoms with Crippen molar-refractivity contribution in [1.82, 2.24) is 20.2 Å². The van der Waals surface area contributed by atoms with Crippen molar-refractivity contribution in [3.05, 3.63) is 47.0 Å². The molecule has 2 heterocycles. The summed E-state index contributed by atoms with van der Waals surface area (Å²) in [4.78, 5) is 4.14. The second-order valence-electron chi connectivity index (χ2n) is 4.82. The Morgan fingerprint density at radius 3 is 2.74 bits per heavy atom. The van der Waals surface area contributed by atoms with Crippen molar-refractivity contribution in [3.63, 3.8) is 0 Å². The van der Waals surface area contributed by atoms with E-state index in [1.807, 2.05) is 30.1 Å². The smallest absolute Gasteiger partial charge is 0.0628 e. The van der Waals surface area contributed by atoms with Crippen molar-refractivity contribution in [3.8, 4) is 0 Å². The van der Waals surface area contributed by atoms with Gasteiger partial charge in [-0.3, -0.25) is 20.9 Å². The van der Waals surface area contributed by atoms with Gasteiger partial charge in [0.25, 0.3) is 0 Å². The summed E-state index contributed by atoms with van der Waals surface area (Å²) in [7, 11) is 1.98. The Bertz CT molecular complexity index is 532. The van der Waals surface area contributed by atoms with E-state index in [9.17, 15) is 0 Å². The Hall–Kier alpha value is -1.72. The first kappa shape index (κ1) is 13.7. The van der Waals surface area contributed by atoms with Crippen LogP contribution in [0.25, 0.3) is 0 Å². The molecule has 0 saturated heterocycles. The number of nitrogens with zero attached hydrogens (tertiary/aromatic N) is 3. The van der Waals surface area contributed by atoms with E-state index >= 15 is 0 Å². The van der Waals surface area contributed by atoms with Gasteiger partial charge in [-0.05, 0) is 43.9 Å². The SMILES string of the molecule is Cc1nn(C)c(C)c1CCC(NN)c1cccnc1. The number of hydrogen-bond donors (Lipinski definition) is 2. The van der Waals surface area contributed by atoms with Crippen molar-refractivity contribution < 1.29 is 0 Å².